The molecule has 78 valence electrons. The van der Waals surface area contributed by atoms with Gasteiger partial charge in [-0.1, -0.05) is 23.2 Å². The summed E-state index contributed by atoms with van der Waals surface area (Å²) in [4.78, 5) is 7.51. The van der Waals surface area contributed by atoms with Gasteiger partial charge < -0.3 is 0 Å². The quantitative estimate of drug-likeness (QED) is 0.531. The van der Waals surface area contributed by atoms with Crippen molar-refractivity contribution in [3.63, 3.8) is 0 Å². The van der Waals surface area contributed by atoms with E-state index in [9.17, 15) is 4.39 Å². The van der Waals surface area contributed by atoms with Crippen LogP contribution in [0.2, 0.25) is 15.5 Å². The van der Waals surface area contributed by atoms with E-state index in [0.29, 0.717) is 10.9 Å². The minimum atomic E-state index is -0.563. The van der Waals surface area contributed by atoms with Crippen LogP contribution in [0.15, 0.2) is 6.07 Å². The largest absolute Gasteiger partial charge is 0.224 e. The molecule has 2 rings (SSSR count). The second-order valence-electron chi connectivity index (χ2n) is 2.97. The number of hydrogen-bond acceptors (Lipinski definition) is 2. The first-order chi connectivity index (χ1) is 7.00. The Bertz CT molecular complexity index is 557. The first kappa shape index (κ1) is 10.9. The van der Waals surface area contributed by atoms with E-state index in [1.165, 1.54) is 6.07 Å². The van der Waals surface area contributed by atoms with Crippen molar-refractivity contribution in [2.45, 2.75) is 6.92 Å². The highest BCUT2D eigenvalue weighted by atomic mass is 35.5. The maximum atomic E-state index is 13.5. The number of fused-ring (bicyclic) bond motifs is 1. The summed E-state index contributed by atoms with van der Waals surface area (Å²) in [5, 5.41) is 0.691. The van der Waals surface area contributed by atoms with Gasteiger partial charge in [0.25, 0.3) is 0 Å². The molecule has 0 unspecified atom stereocenters. The first-order valence-electron chi connectivity index (χ1n) is 3.98. The van der Waals surface area contributed by atoms with Crippen LogP contribution in [-0.2, 0) is 0 Å². The molecule has 0 bridgehead atoms. The average Bonchev–Trinajstić information content (AvgIpc) is 2.13. The summed E-state index contributed by atoms with van der Waals surface area (Å²) in [6, 6.07) is 1.18. The Labute approximate surface area is 100.0 Å². The van der Waals surface area contributed by atoms with Crippen LogP contribution in [0.3, 0.4) is 0 Å². The molecule has 0 saturated heterocycles. The maximum Gasteiger partial charge on any atom is 0.224 e. The molecule has 2 nitrogen and oxygen atoms in total. The molecule has 0 spiro atoms. The molecule has 0 atom stereocenters. The standard InChI is InChI=1S/C9H4Cl3FN2/c1-3-4(10)2-5(13)7-6(3)8(11)15-9(12)14-7/h2H,1H3. The molecular formula is C9H4Cl3FN2. The van der Waals surface area contributed by atoms with E-state index in [2.05, 4.69) is 9.97 Å². The van der Waals surface area contributed by atoms with Crippen LogP contribution in [0.1, 0.15) is 5.56 Å². The molecule has 2 aromatic rings. The lowest BCUT2D eigenvalue weighted by Crippen LogP contribution is -1.93. The Morgan fingerprint density at radius 3 is 2.53 bits per heavy atom. The minimum Gasteiger partial charge on any atom is -0.215 e. The summed E-state index contributed by atoms with van der Waals surface area (Å²) in [6.45, 7) is 1.72. The van der Waals surface area contributed by atoms with E-state index < -0.39 is 5.82 Å². The summed E-state index contributed by atoms with van der Waals surface area (Å²) >= 11 is 17.2. The zero-order valence-electron chi connectivity index (χ0n) is 7.48. The molecule has 0 aliphatic carbocycles. The van der Waals surface area contributed by atoms with E-state index in [1.807, 2.05) is 0 Å². The molecule has 0 radical (unpaired) electrons. The van der Waals surface area contributed by atoms with Gasteiger partial charge in [0.05, 0.1) is 0 Å². The molecule has 1 aromatic carbocycles. The zero-order chi connectivity index (χ0) is 11.2. The number of halogens is 4. The van der Waals surface area contributed by atoms with Crippen molar-refractivity contribution < 1.29 is 4.39 Å². The summed E-state index contributed by atoms with van der Waals surface area (Å²) < 4.78 is 13.5. The lowest BCUT2D eigenvalue weighted by Gasteiger charge is -2.06. The number of nitrogens with zero attached hydrogens (tertiary/aromatic N) is 2. The van der Waals surface area contributed by atoms with E-state index in [0.717, 1.165) is 0 Å². The lowest BCUT2D eigenvalue weighted by atomic mass is 10.1. The van der Waals surface area contributed by atoms with Gasteiger partial charge in [0.1, 0.15) is 10.7 Å². The highest BCUT2D eigenvalue weighted by Gasteiger charge is 2.14. The zero-order valence-corrected chi connectivity index (χ0v) is 9.75. The van der Waals surface area contributed by atoms with E-state index in [1.54, 1.807) is 6.92 Å². The van der Waals surface area contributed by atoms with E-state index in [4.69, 9.17) is 34.8 Å². The Balaban J connectivity index is 3.03. The predicted octanol–water partition coefficient (Wildman–Crippen LogP) is 4.04. The predicted molar refractivity (Wildman–Crippen MR) is 59.3 cm³/mol. The fourth-order valence-corrected chi connectivity index (χ4v) is 2.03. The van der Waals surface area contributed by atoms with Crippen LogP contribution in [0.25, 0.3) is 10.9 Å². The van der Waals surface area contributed by atoms with Gasteiger partial charge in [-0.2, -0.15) is 0 Å². The summed E-state index contributed by atoms with van der Waals surface area (Å²) in [7, 11) is 0. The molecule has 0 N–H and O–H groups in total. The van der Waals surface area contributed by atoms with Crippen LogP contribution in [0, 0.1) is 12.7 Å². The van der Waals surface area contributed by atoms with Crippen molar-refractivity contribution in [3.05, 3.63) is 32.9 Å². The maximum absolute atomic E-state index is 13.5. The number of rotatable bonds is 0. The van der Waals surface area contributed by atoms with Gasteiger partial charge in [0.15, 0.2) is 5.82 Å². The third-order valence-corrected chi connectivity index (χ3v) is 2.89. The Morgan fingerprint density at radius 2 is 1.87 bits per heavy atom. The van der Waals surface area contributed by atoms with Crippen molar-refractivity contribution in [2.24, 2.45) is 0 Å². The Kier molecular flexibility index (Phi) is 2.71. The Morgan fingerprint density at radius 1 is 1.20 bits per heavy atom. The Hall–Kier alpha value is -0.640. The van der Waals surface area contributed by atoms with Gasteiger partial charge in [0.2, 0.25) is 5.28 Å². The van der Waals surface area contributed by atoms with Gasteiger partial charge >= 0.3 is 0 Å². The van der Waals surface area contributed by atoms with Crippen molar-refractivity contribution >= 4 is 45.7 Å². The number of aromatic nitrogens is 2. The smallest absolute Gasteiger partial charge is 0.215 e. The number of hydrogen-bond donors (Lipinski definition) is 0. The second kappa shape index (κ2) is 3.74. The molecule has 1 heterocycles. The lowest BCUT2D eigenvalue weighted by molar-refractivity contribution is 0.636. The molecule has 0 aliphatic heterocycles. The molecule has 6 heteroatoms. The fourth-order valence-electron chi connectivity index (χ4n) is 1.32. The topological polar surface area (TPSA) is 25.8 Å². The van der Waals surface area contributed by atoms with Crippen LogP contribution in [0.5, 0.6) is 0 Å². The van der Waals surface area contributed by atoms with Crippen LogP contribution < -0.4 is 0 Å². The molecule has 0 saturated carbocycles. The van der Waals surface area contributed by atoms with Crippen molar-refractivity contribution in [2.75, 3.05) is 0 Å². The van der Waals surface area contributed by atoms with Gasteiger partial charge in [-0.15, -0.1) is 0 Å². The number of aryl methyl sites for hydroxylation is 1. The monoisotopic (exact) mass is 264 g/mol. The van der Waals surface area contributed by atoms with Crippen LogP contribution in [0.4, 0.5) is 4.39 Å². The normalized spacial score (nSPS) is 11.0. The fraction of sp³-hybridized carbons (Fsp3) is 0.111. The van der Waals surface area contributed by atoms with Crippen molar-refractivity contribution in [1.29, 1.82) is 0 Å². The van der Waals surface area contributed by atoms with E-state index >= 15 is 0 Å². The molecular weight excluding hydrogens is 261 g/mol. The van der Waals surface area contributed by atoms with Gasteiger partial charge in [-0.25, -0.2) is 14.4 Å². The average molecular weight is 266 g/mol. The first-order valence-corrected chi connectivity index (χ1v) is 5.11. The van der Waals surface area contributed by atoms with Gasteiger partial charge in [-0.3, -0.25) is 0 Å². The van der Waals surface area contributed by atoms with Crippen LogP contribution in [-0.4, -0.2) is 9.97 Å². The third-order valence-electron chi connectivity index (χ3n) is 2.05. The highest BCUT2D eigenvalue weighted by molar-refractivity contribution is 6.37. The summed E-state index contributed by atoms with van der Waals surface area (Å²) in [5.41, 5.74) is 0.719. The number of benzene rings is 1. The van der Waals surface area contributed by atoms with Crippen molar-refractivity contribution in [3.8, 4) is 0 Å². The SMILES string of the molecule is Cc1c(Cl)cc(F)c2nc(Cl)nc(Cl)c12. The molecule has 1 aromatic heterocycles. The third kappa shape index (κ3) is 1.75. The second-order valence-corrected chi connectivity index (χ2v) is 4.08. The van der Waals surface area contributed by atoms with Gasteiger partial charge in [0, 0.05) is 10.4 Å². The van der Waals surface area contributed by atoms with Crippen LogP contribution >= 0.6 is 34.8 Å². The highest BCUT2D eigenvalue weighted by Crippen LogP contribution is 2.31. The summed E-state index contributed by atoms with van der Waals surface area (Å²) in [5.74, 6) is -0.563. The molecule has 0 aliphatic rings. The molecule has 0 amide bonds. The molecule has 15 heavy (non-hydrogen) atoms. The van der Waals surface area contributed by atoms with Crippen molar-refractivity contribution in [1.82, 2.24) is 9.97 Å². The van der Waals surface area contributed by atoms with Gasteiger partial charge in [-0.05, 0) is 30.2 Å². The summed E-state index contributed by atoms with van der Waals surface area (Å²) in [6.07, 6.45) is 0. The molecule has 0 fully saturated rings. The van der Waals surface area contributed by atoms with E-state index in [-0.39, 0.29) is 21.0 Å². The minimum absolute atomic E-state index is 0.0851.